The normalized spacial score (nSPS) is 10.8. The smallest absolute Gasteiger partial charge is 0.272 e. The number of nitro benzene ring substituents is 1. The monoisotopic (exact) mass is 405 g/mol. The predicted octanol–water partition coefficient (Wildman–Crippen LogP) is 4.35. The van der Waals surface area contributed by atoms with E-state index in [1.807, 2.05) is 31.2 Å². The molecule has 0 fully saturated rings. The fraction of sp³-hybridized carbons (Fsp3) is 0.0500. The molecule has 9 heteroatoms. The molecule has 0 radical (unpaired) electrons. The van der Waals surface area contributed by atoms with Crippen molar-refractivity contribution in [2.45, 2.75) is 16.7 Å². The molecular weight excluding hydrogens is 390 g/mol. The molecule has 4 rings (SSSR count). The summed E-state index contributed by atoms with van der Waals surface area (Å²) < 4.78 is 1.49. The first-order valence-electron chi connectivity index (χ1n) is 8.63. The summed E-state index contributed by atoms with van der Waals surface area (Å²) in [6.45, 7) is 1.99. The number of rotatable bonds is 5. The zero-order chi connectivity index (χ0) is 20.4. The molecule has 0 saturated heterocycles. The van der Waals surface area contributed by atoms with E-state index in [4.69, 9.17) is 0 Å². The van der Waals surface area contributed by atoms with Crippen LogP contribution in [0.15, 0.2) is 76.9 Å². The van der Waals surface area contributed by atoms with Crippen molar-refractivity contribution in [1.82, 2.24) is 14.6 Å². The van der Waals surface area contributed by atoms with Crippen molar-refractivity contribution in [2.24, 2.45) is 0 Å². The third-order valence-corrected chi connectivity index (χ3v) is 5.12. The number of aromatic nitrogens is 3. The summed E-state index contributed by atoms with van der Waals surface area (Å²) in [7, 11) is 0. The van der Waals surface area contributed by atoms with Gasteiger partial charge in [-0.3, -0.25) is 14.9 Å². The molecule has 4 aromatic rings. The van der Waals surface area contributed by atoms with Crippen LogP contribution in [0.25, 0.3) is 5.65 Å². The van der Waals surface area contributed by atoms with E-state index in [1.54, 1.807) is 24.5 Å². The Morgan fingerprint density at radius 2 is 1.97 bits per heavy atom. The number of carbonyl (C=O) groups excluding carboxylic acids is 1. The molecule has 2 aromatic carbocycles. The van der Waals surface area contributed by atoms with Gasteiger partial charge in [-0.15, -0.1) is 0 Å². The van der Waals surface area contributed by atoms with Gasteiger partial charge in [-0.05, 0) is 31.2 Å². The van der Waals surface area contributed by atoms with Crippen LogP contribution in [0.5, 0.6) is 0 Å². The lowest BCUT2D eigenvalue weighted by molar-refractivity contribution is -0.385. The lowest BCUT2D eigenvalue weighted by Crippen LogP contribution is -2.12. The van der Waals surface area contributed by atoms with Crippen LogP contribution in [0.4, 0.5) is 11.4 Å². The number of benzene rings is 2. The van der Waals surface area contributed by atoms with E-state index in [1.165, 1.54) is 34.6 Å². The highest BCUT2D eigenvalue weighted by molar-refractivity contribution is 7.99. The molecule has 0 bridgehead atoms. The Bertz CT molecular complexity index is 1220. The number of hydrogen-bond acceptors (Lipinski definition) is 6. The Morgan fingerprint density at radius 3 is 2.72 bits per heavy atom. The van der Waals surface area contributed by atoms with Crippen LogP contribution >= 0.6 is 11.8 Å². The van der Waals surface area contributed by atoms with E-state index in [-0.39, 0.29) is 11.3 Å². The lowest BCUT2D eigenvalue weighted by Gasteiger charge is -2.08. The number of carbonyl (C=O) groups is 1. The number of anilines is 1. The van der Waals surface area contributed by atoms with Gasteiger partial charge < -0.3 is 5.32 Å². The summed E-state index contributed by atoms with van der Waals surface area (Å²) in [6, 6.07) is 14.1. The van der Waals surface area contributed by atoms with E-state index in [0.29, 0.717) is 16.2 Å². The van der Waals surface area contributed by atoms with E-state index in [0.717, 1.165) is 10.5 Å². The van der Waals surface area contributed by atoms with Gasteiger partial charge in [0.05, 0.1) is 11.1 Å². The fourth-order valence-electron chi connectivity index (χ4n) is 2.75. The highest BCUT2D eigenvalue weighted by Gasteiger charge is 2.17. The molecule has 0 aliphatic carbocycles. The fourth-order valence-corrected chi connectivity index (χ4v) is 3.66. The molecule has 29 heavy (non-hydrogen) atoms. The average Bonchev–Trinajstić information content (AvgIpc) is 3.14. The maximum absolute atomic E-state index is 12.7. The van der Waals surface area contributed by atoms with Crippen LogP contribution in [0.3, 0.4) is 0 Å². The minimum Gasteiger partial charge on any atom is -0.322 e. The Kier molecular flexibility index (Phi) is 4.96. The van der Waals surface area contributed by atoms with Gasteiger partial charge >= 0.3 is 0 Å². The highest BCUT2D eigenvalue weighted by Crippen LogP contribution is 2.33. The Labute approximate surface area is 169 Å². The minimum absolute atomic E-state index is 0.101. The lowest BCUT2D eigenvalue weighted by atomic mass is 10.2. The standard InChI is InChI=1S/C20H15N5O3S/c1-13-3-5-16(6-4-13)29-17-10-14(9-15(11-17)25(27)28)23-20(26)18-12-22-24-8-2-7-21-19(18)24/h2-12H,1H3,(H,23,26). The van der Waals surface area contributed by atoms with Crippen molar-refractivity contribution in [3.63, 3.8) is 0 Å². The van der Waals surface area contributed by atoms with Gasteiger partial charge in [0.2, 0.25) is 0 Å². The topological polar surface area (TPSA) is 102 Å². The maximum atomic E-state index is 12.7. The molecule has 0 aliphatic heterocycles. The molecule has 0 unspecified atom stereocenters. The van der Waals surface area contributed by atoms with Crippen LogP contribution in [-0.2, 0) is 0 Å². The van der Waals surface area contributed by atoms with Gasteiger partial charge in [0, 0.05) is 40.0 Å². The minimum atomic E-state index is -0.480. The van der Waals surface area contributed by atoms with Crippen LogP contribution in [0.2, 0.25) is 0 Å². The number of nitrogens with zero attached hydrogens (tertiary/aromatic N) is 4. The first-order valence-corrected chi connectivity index (χ1v) is 9.45. The highest BCUT2D eigenvalue weighted by atomic mass is 32.2. The molecule has 2 heterocycles. The molecule has 0 aliphatic rings. The molecule has 0 atom stereocenters. The molecule has 144 valence electrons. The summed E-state index contributed by atoms with van der Waals surface area (Å²) in [6.07, 6.45) is 4.66. The largest absolute Gasteiger partial charge is 0.322 e. The van der Waals surface area contributed by atoms with Crippen molar-refractivity contribution in [3.05, 3.63) is 88.4 Å². The number of non-ortho nitro benzene ring substituents is 1. The number of nitro groups is 1. The molecule has 0 saturated carbocycles. The van der Waals surface area contributed by atoms with Crippen molar-refractivity contribution in [3.8, 4) is 0 Å². The SMILES string of the molecule is Cc1ccc(Sc2cc(NC(=O)c3cnn4cccnc34)cc([N+](=O)[O-])c2)cc1. The molecule has 8 nitrogen and oxygen atoms in total. The van der Waals surface area contributed by atoms with Gasteiger partial charge in [-0.25, -0.2) is 9.50 Å². The number of amides is 1. The summed E-state index contributed by atoms with van der Waals surface area (Å²) in [5.41, 5.74) is 2.04. The van der Waals surface area contributed by atoms with Crippen LogP contribution in [-0.4, -0.2) is 25.4 Å². The Morgan fingerprint density at radius 1 is 1.17 bits per heavy atom. The van der Waals surface area contributed by atoms with Crippen molar-refractivity contribution in [1.29, 1.82) is 0 Å². The molecule has 1 N–H and O–H groups in total. The quantitative estimate of drug-likeness (QED) is 0.391. The predicted molar refractivity (Wildman–Crippen MR) is 109 cm³/mol. The average molecular weight is 405 g/mol. The van der Waals surface area contributed by atoms with Gasteiger partial charge in [-0.1, -0.05) is 29.5 Å². The van der Waals surface area contributed by atoms with Crippen LogP contribution in [0, 0.1) is 17.0 Å². The summed E-state index contributed by atoms with van der Waals surface area (Å²) in [5.74, 6) is -0.439. The van der Waals surface area contributed by atoms with Gasteiger partial charge in [0.1, 0.15) is 5.56 Å². The summed E-state index contributed by atoms with van der Waals surface area (Å²) in [4.78, 5) is 29.3. The Balaban J connectivity index is 1.63. The van der Waals surface area contributed by atoms with Crippen LogP contribution in [0.1, 0.15) is 15.9 Å². The van der Waals surface area contributed by atoms with E-state index in [2.05, 4.69) is 15.4 Å². The molecule has 2 aromatic heterocycles. The zero-order valence-corrected chi connectivity index (χ0v) is 16.1. The second-order valence-corrected chi connectivity index (χ2v) is 7.43. The molecule has 0 spiro atoms. The first kappa shape index (κ1) is 18.6. The zero-order valence-electron chi connectivity index (χ0n) is 15.3. The number of hydrogen-bond donors (Lipinski definition) is 1. The summed E-state index contributed by atoms with van der Waals surface area (Å²) in [5, 5.41) is 18.2. The number of aryl methyl sites for hydroxylation is 1. The van der Waals surface area contributed by atoms with E-state index < -0.39 is 10.8 Å². The van der Waals surface area contributed by atoms with Crippen molar-refractivity contribution in [2.75, 3.05) is 5.32 Å². The molecular formula is C20H15N5O3S. The van der Waals surface area contributed by atoms with Crippen LogP contribution < -0.4 is 5.32 Å². The van der Waals surface area contributed by atoms with Gasteiger partial charge in [-0.2, -0.15) is 5.10 Å². The molecule has 1 amide bonds. The second-order valence-electron chi connectivity index (χ2n) is 6.29. The van der Waals surface area contributed by atoms with Crippen molar-refractivity contribution >= 4 is 34.7 Å². The van der Waals surface area contributed by atoms with Gasteiger partial charge in [0.25, 0.3) is 11.6 Å². The second kappa shape index (κ2) is 7.72. The number of nitrogens with one attached hydrogen (secondary N) is 1. The van der Waals surface area contributed by atoms with Crippen molar-refractivity contribution < 1.29 is 9.72 Å². The maximum Gasteiger partial charge on any atom is 0.272 e. The van der Waals surface area contributed by atoms with Gasteiger partial charge in [0.15, 0.2) is 5.65 Å². The van der Waals surface area contributed by atoms with E-state index >= 15 is 0 Å². The third-order valence-electron chi connectivity index (χ3n) is 4.14. The van der Waals surface area contributed by atoms with E-state index in [9.17, 15) is 14.9 Å². The third kappa shape index (κ3) is 4.09. The first-order chi connectivity index (χ1) is 14.0. The Hall–Kier alpha value is -3.72. The number of fused-ring (bicyclic) bond motifs is 1. The summed E-state index contributed by atoms with van der Waals surface area (Å²) >= 11 is 1.38.